The molecule has 0 aromatic heterocycles. The van der Waals surface area contributed by atoms with Gasteiger partial charge in [0, 0.05) is 5.92 Å². The minimum Gasteiger partial charge on any atom is -0.458 e. The van der Waals surface area contributed by atoms with Crippen molar-refractivity contribution in [2.45, 2.75) is 20.0 Å². The number of hydrogen-bond acceptors (Lipinski definition) is 2. The molecule has 1 rings (SSSR count). The molecular formula is C8H12O2. The second kappa shape index (κ2) is 2.45. The number of carbonyl (C=O) groups is 1. The predicted octanol–water partition coefficient (Wildman–Crippen LogP) is 1.37. The summed E-state index contributed by atoms with van der Waals surface area (Å²) >= 11 is 0. The van der Waals surface area contributed by atoms with E-state index in [1.807, 2.05) is 13.8 Å². The molecule has 0 radical (unpaired) electrons. The Morgan fingerprint density at radius 2 is 2.20 bits per heavy atom. The Kier molecular flexibility index (Phi) is 1.79. The summed E-state index contributed by atoms with van der Waals surface area (Å²) in [7, 11) is 0. The first kappa shape index (κ1) is 7.32. The van der Waals surface area contributed by atoms with Crippen LogP contribution in [0.15, 0.2) is 12.7 Å². The summed E-state index contributed by atoms with van der Waals surface area (Å²) in [5.74, 6) is 0.213. The first-order valence-electron chi connectivity index (χ1n) is 3.50. The Balaban J connectivity index is 2.70. The molecule has 1 heterocycles. The van der Waals surface area contributed by atoms with Gasteiger partial charge in [-0.05, 0) is 0 Å². The third-order valence-electron chi connectivity index (χ3n) is 2.16. The van der Waals surface area contributed by atoms with E-state index in [4.69, 9.17) is 4.74 Å². The van der Waals surface area contributed by atoms with Gasteiger partial charge in [-0.25, -0.2) is 0 Å². The number of rotatable bonds is 1. The van der Waals surface area contributed by atoms with Crippen LogP contribution in [-0.4, -0.2) is 12.1 Å². The number of hydrogen-bond donors (Lipinski definition) is 0. The fourth-order valence-electron chi connectivity index (χ4n) is 1.11. The van der Waals surface area contributed by atoms with Gasteiger partial charge in [-0.15, -0.1) is 0 Å². The summed E-state index contributed by atoms with van der Waals surface area (Å²) < 4.78 is 4.98. The lowest BCUT2D eigenvalue weighted by atomic mass is 9.94. The van der Waals surface area contributed by atoms with Crippen LogP contribution in [0.1, 0.15) is 13.8 Å². The highest BCUT2D eigenvalue weighted by atomic mass is 16.6. The monoisotopic (exact) mass is 140 g/mol. The summed E-state index contributed by atoms with van der Waals surface area (Å²) in [4.78, 5) is 10.9. The van der Waals surface area contributed by atoms with E-state index >= 15 is 0 Å². The molecule has 0 N–H and O–H groups in total. The van der Waals surface area contributed by atoms with Crippen molar-refractivity contribution in [2.24, 2.45) is 11.8 Å². The van der Waals surface area contributed by atoms with E-state index in [-0.39, 0.29) is 23.9 Å². The Labute approximate surface area is 60.9 Å². The van der Waals surface area contributed by atoms with Crippen LogP contribution in [0.2, 0.25) is 0 Å². The highest BCUT2D eigenvalue weighted by molar-refractivity contribution is 5.75. The summed E-state index contributed by atoms with van der Waals surface area (Å²) in [5, 5.41) is 0. The molecule has 1 saturated heterocycles. The van der Waals surface area contributed by atoms with Crippen LogP contribution in [0.4, 0.5) is 0 Å². The molecule has 0 spiro atoms. The molecule has 0 aromatic rings. The second-order valence-corrected chi connectivity index (χ2v) is 2.78. The van der Waals surface area contributed by atoms with E-state index in [0.29, 0.717) is 0 Å². The lowest BCUT2D eigenvalue weighted by molar-refractivity contribution is -0.142. The van der Waals surface area contributed by atoms with Crippen LogP contribution >= 0.6 is 0 Å². The summed E-state index contributed by atoms with van der Waals surface area (Å²) in [6.07, 6.45) is 1.62. The molecule has 1 fully saturated rings. The summed E-state index contributed by atoms with van der Waals surface area (Å²) in [5.41, 5.74) is 0. The van der Waals surface area contributed by atoms with Crippen LogP contribution in [0.5, 0.6) is 0 Å². The largest absolute Gasteiger partial charge is 0.458 e. The van der Waals surface area contributed by atoms with Gasteiger partial charge >= 0.3 is 5.97 Å². The molecule has 56 valence electrons. The van der Waals surface area contributed by atoms with Gasteiger partial charge < -0.3 is 4.74 Å². The Morgan fingerprint density at radius 1 is 1.60 bits per heavy atom. The van der Waals surface area contributed by atoms with Crippen molar-refractivity contribution in [1.82, 2.24) is 0 Å². The Bertz CT molecular complexity index is 163. The van der Waals surface area contributed by atoms with E-state index in [9.17, 15) is 4.79 Å². The van der Waals surface area contributed by atoms with Crippen molar-refractivity contribution >= 4 is 5.97 Å². The van der Waals surface area contributed by atoms with Gasteiger partial charge in [0.15, 0.2) is 0 Å². The highest BCUT2D eigenvalue weighted by Crippen LogP contribution is 2.27. The third kappa shape index (κ3) is 0.939. The van der Waals surface area contributed by atoms with Crippen molar-refractivity contribution in [3.8, 4) is 0 Å². The van der Waals surface area contributed by atoms with Crippen molar-refractivity contribution in [1.29, 1.82) is 0 Å². The zero-order chi connectivity index (χ0) is 7.72. The standard InChI is InChI=1S/C8H12O2/c1-4-7-5(2)6(3)8(9)10-7/h4-7H,1H2,2-3H3/t5-,6+,7-/m1/s1. The van der Waals surface area contributed by atoms with E-state index in [1.165, 1.54) is 0 Å². The van der Waals surface area contributed by atoms with Gasteiger partial charge in [-0.1, -0.05) is 26.5 Å². The van der Waals surface area contributed by atoms with E-state index in [2.05, 4.69) is 6.58 Å². The minimum atomic E-state index is -0.0996. The molecule has 1 aliphatic rings. The molecule has 0 amide bonds. The molecule has 1 aliphatic heterocycles. The molecule has 0 unspecified atom stereocenters. The van der Waals surface area contributed by atoms with E-state index in [1.54, 1.807) is 6.08 Å². The smallest absolute Gasteiger partial charge is 0.309 e. The summed E-state index contributed by atoms with van der Waals surface area (Å²) in [6.45, 7) is 7.47. The zero-order valence-corrected chi connectivity index (χ0v) is 6.33. The fourth-order valence-corrected chi connectivity index (χ4v) is 1.11. The maximum Gasteiger partial charge on any atom is 0.309 e. The van der Waals surface area contributed by atoms with Crippen LogP contribution in [0, 0.1) is 11.8 Å². The van der Waals surface area contributed by atoms with E-state index in [0.717, 1.165) is 0 Å². The molecule has 10 heavy (non-hydrogen) atoms. The second-order valence-electron chi connectivity index (χ2n) is 2.78. The third-order valence-corrected chi connectivity index (χ3v) is 2.16. The Morgan fingerprint density at radius 3 is 2.40 bits per heavy atom. The first-order valence-corrected chi connectivity index (χ1v) is 3.50. The van der Waals surface area contributed by atoms with Gasteiger partial charge in [0.1, 0.15) is 6.10 Å². The lowest BCUT2D eigenvalue weighted by Crippen LogP contribution is -2.12. The lowest BCUT2D eigenvalue weighted by Gasteiger charge is -2.08. The number of esters is 1. The van der Waals surface area contributed by atoms with Gasteiger partial charge in [0.25, 0.3) is 0 Å². The average molecular weight is 140 g/mol. The normalized spacial score (nSPS) is 39.4. The molecule has 0 aliphatic carbocycles. The van der Waals surface area contributed by atoms with Crippen LogP contribution in [0.25, 0.3) is 0 Å². The van der Waals surface area contributed by atoms with Crippen molar-refractivity contribution < 1.29 is 9.53 Å². The summed E-state index contributed by atoms with van der Waals surface area (Å²) in [6, 6.07) is 0. The molecule has 0 saturated carbocycles. The quantitative estimate of drug-likeness (QED) is 0.406. The molecule has 0 bridgehead atoms. The molecule has 3 atom stereocenters. The number of ether oxygens (including phenoxy) is 1. The van der Waals surface area contributed by atoms with Crippen LogP contribution in [0.3, 0.4) is 0 Å². The number of carbonyl (C=O) groups excluding carboxylic acids is 1. The zero-order valence-electron chi connectivity index (χ0n) is 6.33. The molecule has 2 nitrogen and oxygen atoms in total. The van der Waals surface area contributed by atoms with Gasteiger partial charge in [-0.3, -0.25) is 4.79 Å². The fraction of sp³-hybridized carbons (Fsp3) is 0.625. The highest BCUT2D eigenvalue weighted by Gasteiger charge is 2.36. The van der Waals surface area contributed by atoms with Crippen LogP contribution < -0.4 is 0 Å². The van der Waals surface area contributed by atoms with Gasteiger partial charge in [0.05, 0.1) is 5.92 Å². The van der Waals surface area contributed by atoms with Gasteiger partial charge in [-0.2, -0.15) is 0 Å². The SMILES string of the molecule is C=C[C@H]1OC(=O)[C@@H](C)[C@H]1C. The van der Waals surface area contributed by atoms with Crippen molar-refractivity contribution in [3.63, 3.8) is 0 Å². The first-order chi connectivity index (χ1) is 4.66. The maximum atomic E-state index is 10.9. The molecule has 2 heteroatoms. The minimum absolute atomic E-state index is 0.0306. The topological polar surface area (TPSA) is 26.3 Å². The Hall–Kier alpha value is -0.790. The van der Waals surface area contributed by atoms with Crippen LogP contribution in [-0.2, 0) is 9.53 Å². The molecular weight excluding hydrogens is 128 g/mol. The van der Waals surface area contributed by atoms with Crippen molar-refractivity contribution in [3.05, 3.63) is 12.7 Å². The average Bonchev–Trinajstić information content (AvgIpc) is 2.17. The predicted molar refractivity (Wildman–Crippen MR) is 38.4 cm³/mol. The van der Waals surface area contributed by atoms with Crippen molar-refractivity contribution in [2.75, 3.05) is 0 Å². The molecule has 0 aromatic carbocycles. The maximum absolute atomic E-state index is 10.9. The van der Waals surface area contributed by atoms with E-state index < -0.39 is 0 Å². The number of cyclic esters (lactones) is 1. The van der Waals surface area contributed by atoms with Gasteiger partial charge in [0.2, 0.25) is 0 Å².